The molecule has 0 bridgehead atoms. The fourth-order valence-corrected chi connectivity index (χ4v) is 1.34. The molecule has 0 aliphatic rings. The average molecular weight is 238 g/mol. The molecule has 2 unspecified atom stereocenters. The zero-order chi connectivity index (χ0) is 13.0. The van der Waals surface area contributed by atoms with Gasteiger partial charge in [-0.15, -0.1) is 0 Å². The number of hydrogen-bond donors (Lipinski definition) is 2. The van der Waals surface area contributed by atoms with Crippen LogP contribution in [0.4, 0.5) is 4.39 Å². The number of nitrogens with two attached hydrogens (primary N) is 1. The van der Waals surface area contributed by atoms with Gasteiger partial charge in [0.1, 0.15) is 5.82 Å². The van der Waals surface area contributed by atoms with E-state index in [-0.39, 0.29) is 23.7 Å². The van der Waals surface area contributed by atoms with Crippen molar-refractivity contribution in [1.82, 2.24) is 5.32 Å². The molecule has 17 heavy (non-hydrogen) atoms. The second kappa shape index (κ2) is 5.77. The van der Waals surface area contributed by atoms with Gasteiger partial charge in [-0.3, -0.25) is 4.79 Å². The smallest absolute Gasteiger partial charge is 0.224 e. The lowest BCUT2D eigenvalue weighted by molar-refractivity contribution is -0.125. The first kappa shape index (κ1) is 13.6. The minimum Gasteiger partial charge on any atom is -0.352 e. The molecular formula is C13H19FN2O. The van der Waals surface area contributed by atoms with Gasteiger partial charge in [-0.25, -0.2) is 4.39 Å². The zero-order valence-corrected chi connectivity index (χ0v) is 10.5. The van der Waals surface area contributed by atoms with Crippen LogP contribution in [0.15, 0.2) is 18.2 Å². The number of benzene rings is 1. The van der Waals surface area contributed by atoms with Crippen LogP contribution in [0.1, 0.15) is 25.0 Å². The fourth-order valence-electron chi connectivity index (χ4n) is 1.34. The molecule has 3 nitrogen and oxygen atoms in total. The molecule has 0 aliphatic carbocycles. The first-order valence-electron chi connectivity index (χ1n) is 5.70. The van der Waals surface area contributed by atoms with Crippen LogP contribution in [0, 0.1) is 18.7 Å². The van der Waals surface area contributed by atoms with E-state index < -0.39 is 0 Å². The molecule has 3 N–H and O–H groups in total. The first-order valence-corrected chi connectivity index (χ1v) is 5.70. The van der Waals surface area contributed by atoms with Crippen LogP contribution >= 0.6 is 0 Å². The molecule has 4 heteroatoms. The van der Waals surface area contributed by atoms with Gasteiger partial charge in [-0.2, -0.15) is 0 Å². The van der Waals surface area contributed by atoms with E-state index in [0.29, 0.717) is 12.1 Å². The molecule has 94 valence electrons. The Hall–Kier alpha value is -1.42. The van der Waals surface area contributed by atoms with Gasteiger partial charge in [-0.05, 0) is 31.0 Å². The van der Waals surface area contributed by atoms with Crippen LogP contribution < -0.4 is 11.1 Å². The quantitative estimate of drug-likeness (QED) is 0.839. The van der Waals surface area contributed by atoms with Gasteiger partial charge in [-0.1, -0.05) is 19.1 Å². The van der Waals surface area contributed by atoms with Gasteiger partial charge in [0, 0.05) is 18.5 Å². The Morgan fingerprint density at radius 2 is 2.12 bits per heavy atom. The van der Waals surface area contributed by atoms with Crippen LogP contribution in [0.2, 0.25) is 0 Å². The zero-order valence-electron chi connectivity index (χ0n) is 10.5. The van der Waals surface area contributed by atoms with Crippen molar-refractivity contribution in [2.75, 3.05) is 0 Å². The van der Waals surface area contributed by atoms with E-state index >= 15 is 0 Å². The predicted molar refractivity (Wildman–Crippen MR) is 65.8 cm³/mol. The van der Waals surface area contributed by atoms with Crippen LogP contribution in [0.5, 0.6) is 0 Å². The van der Waals surface area contributed by atoms with Gasteiger partial charge in [0.05, 0.1) is 0 Å². The highest BCUT2D eigenvalue weighted by atomic mass is 19.1. The number of rotatable bonds is 4. The SMILES string of the molecule is Cc1ccc(CNC(=O)C(C)C(C)N)cc1F. The summed E-state index contributed by atoms with van der Waals surface area (Å²) < 4.78 is 13.3. The predicted octanol–water partition coefficient (Wildman–Crippen LogP) is 1.73. The van der Waals surface area contributed by atoms with Gasteiger partial charge in [0.2, 0.25) is 5.91 Å². The highest BCUT2D eigenvalue weighted by Gasteiger charge is 2.16. The lowest BCUT2D eigenvalue weighted by Crippen LogP contribution is -2.38. The summed E-state index contributed by atoms with van der Waals surface area (Å²) in [4.78, 5) is 11.6. The Bertz CT molecular complexity index is 404. The summed E-state index contributed by atoms with van der Waals surface area (Å²) in [7, 11) is 0. The summed E-state index contributed by atoms with van der Waals surface area (Å²) in [5.41, 5.74) is 6.98. The van der Waals surface area contributed by atoms with Crippen LogP contribution in [-0.2, 0) is 11.3 Å². The minimum atomic E-state index is -0.253. The molecule has 0 saturated carbocycles. The third-order valence-corrected chi connectivity index (χ3v) is 2.91. The molecule has 0 spiro atoms. The Morgan fingerprint density at radius 1 is 1.47 bits per heavy atom. The van der Waals surface area contributed by atoms with Crippen molar-refractivity contribution >= 4 is 5.91 Å². The van der Waals surface area contributed by atoms with Gasteiger partial charge in [0.15, 0.2) is 0 Å². The summed E-state index contributed by atoms with van der Waals surface area (Å²) in [6.45, 7) is 5.59. The number of amides is 1. The van der Waals surface area contributed by atoms with Crippen molar-refractivity contribution in [3.8, 4) is 0 Å². The van der Waals surface area contributed by atoms with Crippen LogP contribution in [0.25, 0.3) is 0 Å². The maximum atomic E-state index is 13.3. The van der Waals surface area contributed by atoms with Crippen molar-refractivity contribution in [1.29, 1.82) is 0 Å². The summed E-state index contributed by atoms with van der Waals surface area (Å²) in [5.74, 6) is -0.608. The van der Waals surface area contributed by atoms with E-state index in [1.807, 2.05) is 0 Å². The second-order valence-electron chi connectivity index (χ2n) is 4.45. The summed E-state index contributed by atoms with van der Waals surface area (Å²) >= 11 is 0. The maximum Gasteiger partial charge on any atom is 0.224 e. The molecule has 0 saturated heterocycles. The number of carbonyl (C=O) groups excluding carboxylic acids is 1. The molecule has 1 rings (SSSR count). The third kappa shape index (κ3) is 3.82. The monoisotopic (exact) mass is 238 g/mol. The van der Waals surface area contributed by atoms with E-state index in [1.54, 1.807) is 32.9 Å². The topological polar surface area (TPSA) is 55.1 Å². The largest absolute Gasteiger partial charge is 0.352 e. The molecule has 0 radical (unpaired) electrons. The Balaban J connectivity index is 2.56. The van der Waals surface area contributed by atoms with E-state index in [1.165, 1.54) is 6.07 Å². The normalized spacial score (nSPS) is 14.2. The number of aryl methyl sites for hydroxylation is 1. The molecule has 0 fully saturated rings. The van der Waals surface area contributed by atoms with E-state index in [4.69, 9.17) is 5.73 Å². The average Bonchev–Trinajstić information content (AvgIpc) is 2.29. The van der Waals surface area contributed by atoms with Crippen molar-refractivity contribution < 1.29 is 9.18 Å². The number of halogens is 1. The van der Waals surface area contributed by atoms with Crippen molar-refractivity contribution in [3.63, 3.8) is 0 Å². The van der Waals surface area contributed by atoms with Crippen LogP contribution in [-0.4, -0.2) is 11.9 Å². The van der Waals surface area contributed by atoms with Gasteiger partial charge in [0.25, 0.3) is 0 Å². The molecule has 2 atom stereocenters. The molecular weight excluding hydrogens is 219 g/mol. The van der Waals surface area contributed by atoms with E-state index in [0.717, 1.165) is 5.56 Å². The van der Waals surface area contributed by atoms with Gasteiger partial charge >= 0.3 is 0 Å². The van der Waals surface area contributed by atoms with Gasteiger partial charge < -0.3 is 11.1 Å². The summed E-state index contributed by atoms with van der Waals surface area (Å²) in [6.07, 6.45) is 0. The molecule has 0 aromatic heterocycles. The van der Waals surface area contributed by atoms with Crippen molar-refractivity contribution in [3.05, 3.63) is 35.1 Å². The molecule has 1 aromatic carbocycles. The van der Waals surface area contributed by atoms with E-state index in [2.05, 4.69) is 5.32 Å². The lowest BCUT2D eigenvalue weighted by atomic mass is 10.0. The second-order valence-corrected chi connectivity index (χ2v) is 4.45. The standard InChI is InChI=1S/C13H19FN2O/c1-8-4-5-11(6-12(8)14)7-16-13(17)9(2)10(3)15/h4-6,9-10H,7,15H2,1-3H3,(H,16,17). The number of hydrogen-bond acceptors (Lipinski definition) is 2. The van der Waals surface area contributed by atoms with E-state index in [9.17, 15) is 9.18 Å². The van der Waals surface area contributed by atoms with Crippen molar-refractivity contribution in [2.45, 2.75) is 33.4 Å². The maximum absolute atomic E-state index is 13.3. The summed E-state index contributed by atoms with van der Waals surface area (Å²) in [6, 6.07) is 4.75. The number of nitrogens with one attached hydrogen (secondary N) is 1. The molecule has 1 amide bonds. The fraction of sp³-hybridized carbons (Fsp3) is 0.462. The Morgan fingerprint density at radius 3 is 2.65 bits per heavy atom. The Labute approximate surface area is 101 Å². The highest BCUT2D eigenvalue weighted by molar-refractivity contribution is 5.78. The Kier molecular flexibility index (Phi) is 4.63. The highest BCUT2D eigenvalue weighted by Crippen LogP contribution is 2.09. The summed E-state index contributed by atoms with van der Waals surface area (Å²) in [5, 5.41) is 2.74. The van der Waals surface area contributed by atoms with Crippen molar-refractivity contribution in [2.24, 2.45) is 11.7 Å². The molecule has 0 aliphatic heterocycles. The number of carbonyl (C=O) groups is 1. The lowest BCUT2D eigenvalue weighted by Gasteiger charge is -2.15. The van der Waals surface area contributed by atoms with Crippen LogP contribution in [0.3, 0.4) is 0 Å². The minimum absolute atomic E-state index is 0.110. The first-order chi connectivity index (χ1) is 7.91. The molecule has 1 aromatic rings. The molecule has 0 heterocycles. The third-order valence-electron chi connectivity index (χ3n) is 2.91.